The lowest BCUT2D eigenvalue weighted by molar-refractivity contribution is -0.119. The largest absolute Gasteiger partial charge is 0.299 e. The molecule has 0 aliphatic carbocycles. The van der Waals surface area contributed by atoms with E-state index in [1.165, 1.54) is 14.2 Å². The van der Waals surface area contributed by atoms with E-state index in [9.17, 15) is 38.5 Å². The van der Waals surface area contributed by atoms with Gasteiger partial charge in [-0.05, 0) is 145 Å². The van der Waals surface area contributed by atoms with Crippen LogP contribution in [0.15, 0.2) is 177 Å². The molecule has 0 aromatic heterocycles. The van der Waals surface area contributed by atoms with Gasteiger partial charge in [-0.15, -0.1) is 0 Å². The van der Waals surface area contributed by atoms with Crippen molar-refractivity contribution in [2.45, 2.75) is 93.0 Å². The molecule has 0 spiro atoms. The van der Waals surface area contributed by atoms with E-state index in [-0.39, 0.29) is 51.7 Å². The summed E-state index contributed by atoms with van der Waals surface area (Å²) in [5, 5.41) is 0. The van der Waals surface area contributed by atoms with E-state index in [0.29, 0.717) is 71.5 Å². The van der Waals surface area contributed by atoms with Gasteiger partial charge in [0.25, 0.3) is 0 Å². The summed E-state index contributed by atoms with van der Waals surface area (Å²) < 4.78 is 115. The highest BCUT2D eigenvalue weighted by Gasteiger charge is 2.33. The smallest absolute Gasteiger partial charge is 0.243 e. The van der Waals surface area contributed by atoms with Crippen LogP contribution in [0.2, 0.25) is 0 Å². The van der Waals surface area contributed by atoms with Gasteiger partial charge in [0.05, 0.1) is 32.7 Å². The Morgan fingerprint density at radius 2 is 0.600 bits per heavy atom. The van der Waals surface area contributed by atoms with Crippen LogP contribution in [0.5, 0.6) is 0 Å². The molecular weight excluding hydrogens is 1090 g/mol. The maximum atomic E-state index is 13.7. The Kier molecular flexibility index (Phi) is 22.1. The number of carbonyl (C=O) groups excluding carboxylic acids is 1. The van der Waals surface area contributed by atoms with Crippen LogP contribution in [0, 0.1) is 33.6 Å². The highest BCUT2D eigenvalue weighted by Crippen LogP contribution is 2.25. The first-order valence-corrected chi connectivity index (χ1v) is 33.2. The fraction of sp³-hybridized carbons (Fsp3) is 0.393. The zero-order valence-electron chi connectivity index (χ0n) is 46.8. The normalized spacial score (nSPS) is 17.9. The number of hydrogen-bond donors (Lipinski definition) is 0. The molecule has 0 unspecified atom stereocenters. The van der Waals surface area contributed by atoms with Gasteiger partial charge in [0.1, 0.15) is 0 Å². The molecule has 0 atom stereocenters. The molecule has 19 heteroatoms. The molecule has 2 aliphatic heterocycles. The Morgan fingerprint density at radius 1 is 0.350 bits per heavy atom. The first kappa shape index (κ1) is 62.2. The van der Waals surface area contributed by atoms with E-state index in [1.807, 2.05) is 107 Å². The van der Waals surface area contributed by atoms with Gasteiger partial charge in [0, 0.05) is 52.4 Å². The Labute approximate surface area is 477 Å². The Morgan fingerprint density at radius 3 is 0.875 bits per heavy atom. The molecule has 430 valence electrons. The number of aryl methyl sites for hydroxylation is 4. The SMILES string of the molecule is Cc1ccc(S(=O)(=O)N2CCCN(Cc3ccccc3)CCCN(S(=O)(=O)c3ccc(C)cc3)CC(=O)C2)cc1.Cc1ccc(S(=O)(=O)N2CCCN(Cc3ccccc3)CCCN(S(=O)(=O)c3ccc(C)cc3)CC(C)C2)cc1. The van der Waals surface area contributed by atoms with Crippen LogP contribution in [0.1, 0.15) is 66.0 Å². The van der Waals surface area contributed by atoms with Gasteiger partial charge in [-0.25, -0.2) is 33.7 Å². The van der Waals surface area contributed by atoms with Gasteiger partial charge < -0.3 is 0 Å². The second-order valence-electron chi connectivity index (χ2n) is 21.2. The molecule has 8 rings (SSSR count). The quantitative estimate of drug-likeness (QED) is 0.115. The van der Waals surface area contributed by atoms with Crippen LogP contribution in [-0.4, -0.2) is 145 Å². The maximum Gasteiger partial charge on any atom is 0.243 e. The molecule has 0 amide bonds. The summed E-state index contributed by atoms with van der Waals surface area (Å²) in [5.74, 6) is -0.659. The fourth-order valence-electron chi connectivity index (χ4n) is 9.93. The maximum absolute atomic E-state index is 13.7. The van der Waals surface area contributed by atoms with Crippen LogP contribution in [0.4, 0.5) is 0 Å². The first-order chi connectivity index (χ1) is 38.1. The molecule has 80 heavy (non-hydrogen) atoms. The molecule has 15 nitrogen and oxygen atoms in total. The molecule has 2 fully saturated rings. The molecule has 2 aliphatic rings. The number of benzene rings is 6. The first-order valence-electron chi connectivity index (χ1n) is 27.4. The molecule has 6 aromatic carbocycles. The number of nitrogens with zero attached hydrogens (tertiary/aromatic N) is 6. The minimum absolute atomic E-state index is 0.114. The lowest BCUT2D eigenvalue weighted by Gasteiger charge is -2.32. The van der Waals surface area contributed by atoms with E-state index in [2.05, 4.69) is 21.9 Å². The zero-order chi connectivity index (χ0) is 57.5. The van der Waals surface area contributed by atoms with Gasteiger partial charge in [0.15, 0.2) is 5.78 Å². The van der Waals surface area contributed by atoms with Gasteiger partial charge >= 0.3 is 0 Å². The summed E-state index contributed by atoms with van der Waals surface area (Å²) in [5.41, 5.74) is 6.15. The monoisotopic (exact) mass is 1170 g/mol. The highest BCUT2D eigenvalue weighted by molar-refractivity contribution is 7.90. The van der Waals surface area contributed by atoms with Crippen molar-refractivity contribution in [1.82, 2.24) is 27.0 Å². The summed E-state index contributed by atoms with van der Waals surface area (Å²) >= 11 is 0. The number of carbonyl (C=O) groups is 1. The molecular formula is C61H78N6O9S4. The third-order valence-corrected chi connectivity index (χ3v) is 21.9. The van der Waals surface area contributed by atoms with Crippen molar-refractivity contribution in [2.24, 2.45) is 5.92 Å². The second-order valence-corrected chi connectivity index (χ2v) is 29.0. The number of Topliss-reactive ketones (excluding diaryl/α,β-unsaturated/α-hetero) is 1. The van der Waals surface area contributed by atoms with Crippen LogP contribution in [-0.2, 0) is 58.0 Å². The molecule has 0 radical (unpaired) electrons. The van der Waals surface area contributed by atoms with Crippen LogP contribution >= 0.6 is 0 Å². The van der Waals surface area contributed by atoms with Crippen molar-refractivity contribution >= 4 is 45.9 Å². The van der Waals surface area contributed by atoms with Crippen LogP contribution < -0.4 is 0 Å². The van der Waals surface area contributed by atoms with Crippen molar-refractivity contribution in [2.75, 3.05) is 78.5 Å². The fourth-order valence-corrected chi connectivity index (χ4v) is 16.0. The van der Waals surface area contributed by atoms with Crippen LogP contribution in [0.25, 0.3) is 0 Å². The Hall–Kier alpha value is -5.45. The minimum atomic E-state index is -3.96. The number of sulfonamides is 4. The van der Waals surface area contributed by atoms with E-state index < -0.39 is 59.0 Å². The molecule has 0 saturated carbocycles. The van der Waals surface area contributed by atoms with E-state index in [0.717, 1.165) is 34.4 Å². The predicted octanol–water partition coefficient (Wildman–Crippen LogP) is 8.77. The standard InChI is InChI=1S/C31H41N3O4S2.C30H37N3O5S2/c1-26-11-15-30(16-12-26)39(35,36)33-21-7-19-32(25-29-9-5-4-6-10-29)20-8-22-34(24-28(3)23-33)40(37,38)31-17-13-27(2)14-18-31;1-25-10-14-29(15-11-25)39(35,36)32-20-6-18-31(22-27-8-4-3-5-9-27)19-7-21-33(24-28(34)23-32)40(37,38)30-16-12-26(2)13-17-30/h4-6,9-18,28H,7-8,19-25H2,1-3H3;3-5,8-17H,6-7,18-24H2,1-2H3. The number of hydrogen-bond acceptors (Lipinski definition) is 11. The number of ketones is 1. The average molecular weight is 1170 g/mol. The second kappa shape index (κ2) is 28.5. The summed E-state index contributed by atoms with van der Waals surface area (Å²) in [6.45, 7) is 14.3. The summed E-state index contributed by atoms with van der Waals surface area (Å²) in [7, 11) is -15.4. The van der Waals surface area contributed by atoms with Crippen LogP contribution in [0.3, 0.4) is 0 Å². The Bertz CT molecular complexity index is 3210. The van der Waals surface area contributed by atoms with Gasteiger partial charge in [-0.3, -0.25) is 14.6 Å². The van der Waals surface area contributed by atoms with Crippen molar-refractivity contribution in [3.05, 3.63) is 191 Å². The molecule has 2 saturated heterocycles. The zero-order valence-corrected chi connectivity index (χ0v) is 50.1. The highest BCUT2D eigenvalue weighted by atomic mass is 32.2. The van der Waals surface area contributed by atoms with E-state index in [4.69, 9.17) is 0 Å². The molecule has 6 aromatic rings. The topological polar surface area (TPSA) is 173 Å². The summed E-state index contributed by atoms with van der Waals surface area (Å²) in [4.78, 5) is 18.5. The van der Waals surface area contributed by atoms with Crippen molar-refractivity contribution in [3.8, 4) is 0 Å². The van der Waals surface area contributed by atoms with Crippen molar-refractivity contribution < 1.29 is 38.5 Å². The predicted molar refractivity (Wildman–Crippen MR) is 316 cm³/mol. The van der Waals surface area contributed by atoms with Gasteiger partial charge in [0.2, 0.25) is 40.1 Å². The summed E-state index contributed by atoms with van der Waals surface area (Å²) in [6, 6.07) is 47.1. The van der Waals surface area contributed by atoms with E-state index >= 15 is 0 Å². The van der Waals surface area contributed by atoms with Crippen molar-refractivity contribution in [3.63, 3.8) is 0 Å². The lowest BCUT2D eigenvalue weighted by atomic mass is 10.1. The average Bonchev–Trinajstić information content (AvgIpc) is 3.48. The molecule has 2 heterocycles. The van der Waals surface area contributed by atoms with E-state index in [1.54, 1.807) is 81.4 Å². The number of rotatable bonds is 12. The summed E-state index contributed by atoms with van der Waals surface area (Å²) in [6.07, 6.45) is 2.46. The lowest BCUT2D eigenvalue weighted by Crippen LogP contribution is -2.44. The third-order valence-electron chi connectivity index (χ3n) is 14.4. The Balaban J connectivity index is 0.000000231. The van der Waals surface area contributed by atoms with Gasteiger partial charge in [-0.1, -0.05) is 138 Å². The van der Waals surface area contributed by atoms with Crippen molar-refractivity contribution in [1.29, 1.82) is 0 Å². The van der Waals surface area contributed by atoms with Gasteiger partial charge in [-0.2, -0.15) is 17.2 Å². The molecule has 0 N–H and O–H groups in total. The third kappa shape index (κ3) is 17.3. The minimum Gasteiger partial charge on any atom is -0.299 e. The molecule has 0 bridgehead atoms.